The lowest BCUT2D eigenvalue weighted by molar-refractivity contribution is -0.143. The van der Waals surface area contributed by atoms with Crippen molar-refractivity contribution in [3.63, 3.8) is 0 Å². The van der Waals surface area contributed by atoms with Crippen LogP contribution < -0.4 is 0 Å². The monoisotopic (exact) mass is 347 g/mol. The summed E-state index contributed by atoms with van der Waals surface area (Å²) in [5.74, 6) is 2.38. The molecule has 1 saturated heterocycles. The molecule has 0 aliphatic carbocycles. The fourth-order valence-electron chi connectivity index (χ4n) is 1.92. The normalized spacial score (nSPS) is 14.7. The van der Waals surface area contributed by atoms with E-state index in [0.29, 0.717) is 37.8 Å². The van der Waals surface area contributed by atoms with Gasteiger partial charge in [-0.3, -0.25) is 0 Å². The van der Waals surface area contributed by atoms with Crippen LogP contribution >= 0.6 is 0 Å². The third-order valence-corrected chi connectivity index (χ3v) is 5.49. The summed E-state index contributed by atoms with van der Waals surface area (Å²) in [6.45, 7) is 7.07. The Morgan fingerprint density at radius 3 is 2.00 bits per heavy atom. The van der Waals surface area contributed by atoms with Gasteiger partial charge < -0.3 is 18.9 Å². The molecular formula is C16H27O6S+. The highest BCUT2D eigenvalue weighted by Gasteiger charge is 2.27. The van der Waals surface area contributed by atoms with Gasteiger partial charge in [0.15, 0.2) is 0 Å². The Morgan fingerprint density at radius 2 is 1.43 bits per heavy atom. The van der Waals surface area contributed by atoms with E-state index in [1.165, 1.54) is 24.3 Å². The molecule has 0 radical (unpaired) electrons. The fraction of sp³-hybridized carbons (Fsp3) is 0.750. The van der Waals surface area contributed by atoms with Crippen LogP contribution in [0.4, 0.5) is 0 Å². The molecule has 1 fully saturated rings. The van der Waals surface area contributed by atoms with Gasteiger partial charge in [-0.15, -0.1) is 0 Å². The quantitative estimate of drug-likeness (QED) is 0.228. The van der Waals surface area contributed by atoms with Crippen molar-refractivity contribution in [2.24, 2.45) is 0 Å². The molecule has 1 rings (SSSR count). The van der Waals surface area contributed by atoms with Gasteiger partial charge in [-0.1, -0.05) is 6.58 Å². The molecule has 0 atom stereocenters. The van der Waals surface area contributed by atoms with Gasteiger partial charge in [0.2, 0.25) is 5.75 Å². The molecule has 0 unspecified atom stereocenters. The lowest BCUT2D eigenvalue weighted by Gasteiger charge is -2.07. The average molecular weight is 347 g/mol. The van der Waals surface area contributed by atoms with E-state index in [4.69, 9.17) is 18.9 Å². The van der Waals surface area contributed by atoms with Crippen molar-refractivity contribution in [2.75, 3.05) is 56.9 Å². The molecule has 1 aliphatic rings. The third-order valence-electron chi connectivity index (χ3n) is 3.11. The van der Waals surface area contributed by atoms with Gasteiger partial charge in [-0.2, -0.15) is 0 Å². The first-order valence-corrected chi connectivity index (χ1v) is 9.60. The number of carbonyl (C=O) groups excluding carboxylic acids is 2. The molecule has 1 heterocycles. The Balaban J connectivity index is 1.81. The van der Waals surface area contributed by atoms with Crippen molar-refractivity contribution in [3.8, 4) is 0 Å². The van der Waals surface area contributed by atoms with Gasteiger partial charge in [0, 0.05) is 5.57 Å². The second kappa shape index (κ2) is 12.4. The van der Waals surface area contributed by atoms with Crippen LogP contribution in [0.25, 0.3) is 0 Å². The molecule has 132 valence electrons. The number of hydrogen-bond donors (Lipinski definition) is 0. The topological polar surface area (TPSA) is 71.1 Å². The Labute approximate surface area is 140 Å². The largest absolute Gasteiger partial charge is 0.460 e. The van der Waals surface area contributed by atoms with Crippen molar-refractivity contribution >= 4 is 22.8 Å². The smallest absolute Gasteiger partial charge is 0.356 e. The molecule has 1 aliphatic heterocycles. The number of esters is 2. The van der Waals surface area contributed by atoms with Gasteiger partial charge in [-0.25, -0.2) is 9.59 Å². The number of ether oxygens (including phenoxy) is 4. The molecule has 0 saturated carbocycles. The third kappa shape index (κ3) is 10.4. The standard InChI is InChI=1S/C16H27O6S/c1-14(2)16(18)22-10-8-20-6-5-19-7-9-21-15(17)13-23-11-3-4-12-23/h1,3-13H2,2H3/q+1. The summed E-state index contributed by atoms with van der Waals surface area (Å²) in [5.41, 5.74) is 0.372. The van der Waals surface area contributed by atoms with Crippen molar-refractivity contribution in [3.05, 3.63) is 12.2 Å². The predicted molar refractivity (Wildman–Crippen MR) is 89.6 cm³/mol. The molecule has 0 bridgehead atoms. The number of rotatable bonds is 12. The first-order valence-electron chi connectivity index (χ1n) is 7.87. The number of carbonyl (C=O) groups is 2. The Kier molecular flexibility index (Phi) is 10.8. The fourth-order valence-corrected chi connectivity index (χ4v) is 4.05. The zero-order chi connectivity index (χ0) is 16.9. The van der Waals surface area contributed by atoms with Crippen molar-refractivity contribution < 1.29 is 28.5 Å². The van der Waals surface area contributed by atoms with Crippen molar-refractivity contribution in [1.82, 2.24) is 0 Å². The summed E-state index contributed by atoms with van der Waals surface area (Å²) in [4.78, 5) is 22.6. The lowest BCUT2D eigenvalue weighted by atomic mass is 10.4. The first kappa shape index (κ1) is 20.0. The molecular weight excluding hydrogens is 320 g/mol. The highest BCUT2D eigenvalue weighted by Crippen LogP contribution is 2.13. The minimum Gasteiger partial charge on any atom is -0.460 e. The van der Waals surface area contributed by atoms with Crippen LogP contribution in [0.2, 0.25) is 0 Å². The minimum atomic E-state index is -0.412. The molecule has 0 N–H and O–H groups in total. The summed E-state index contributed by atoms with van der Waals surface area (Å²) in [5, 5.41) is 0. The molecule has 0 amide bonds. The molecule has 0 spiro atoms. The van der Waals surface area contributed by atoms with Gasteiger partial charge in [0.1, 0.15) is 24.7 Å². The maximum Gasteiger partial charge on any atom is 0.356 e. The molecule has 7 heteroatoms. The van der Waals surface area contributed by atoms with Crippen LogP contribution in [0, 0.1) is 0 Å². The first-order chi connectivity index (χ1) is 11.1. The summed E-state index contributed by atoms with van der Waals surface area (Å²) < 4.78 is 20.5. The molecule has 6 nitrogen and oxygen atoms in total. The second-order valence-electron chi connectivity index (χ2n) is 5.23. The van der Waals surface area contributed by atoms with Gasteiger partial charge >= 0.3 is 11.9 Å². The van der Waals surface area contributed by atoms with E-state index in [9.17, 15) is 9.59 Å². The highest BCUT2D eigenvalue weighted by molar-refractivity contribution is 7.97. The van der Waals surface area contributed by atoms with E-state index < -0.39 is 5.97 Å². The molecule has 0 aromatic carbocycles. The highest BCUT2D eigenvalue weighted by atomic mass is 32.2. The van der Waals surface area contributed by atoms with Crippen LogP contribution in [0.5, 0.6) is 0 Å². The maximum absolute atomic E-state index is 11.6. The van der Waals surface area contributed by atoms with Gasteiger partial charge in [0.05, 0.1) is 26.4 Å². The summed E-state index contributed by atoms with van der Waals surface area (Å²) in [6, 6.07) is 0. The molecule has 0 aromatic rings. The Morgan fingerprint density at radius 1 is 0.913 bits per heavy atom. The van der Waals surface area contributed by atoms with Crippen LogP contribution in [-0.4, -0.2) is 68.8 Å². The van der Waals surface area contributed by atoms with Crippen molar-refractivity contribution in [1.29, 1.82) is 0 Å². The zero-order valence-electron chi connectivity index (χ0n) is 13.8. The lowest BCUT2D eigenvalue weighted by Crippen LogP contribution is -2.22. The van der Waals surface area contributed by atoms with E-state index in [1.54, 1.807) is 6.92 Å². The summed E-state index contributed by atoms with van der Waals surface area (Å²) in [7, 11) is 0.246. The minimum absolute atomic E-state index is 0.116. The van der Waals surface area contributed by atoms with E-state index in [-0.39, 0.29) is 30.1 Å². The molecule has 23 heavy (non-hydrogen) atoms. The SMILES string of the molecule is C=C(C)C(=O)OCCOCCOCCOC(=O)C[S+]1CCCC1. The number of hydrogen-bond acceptors (Lipinski definition) is 6. The summed E-state index contributed by atoms with van der Waals surface area (Å²) >= 11 is 0. The van der Waals surface area contributed by atoms with E-state index in [0.717, 1.165) is 0 Å². The van der Waals surface area contributed by atoms with Gasteiger partial charge in [0.25, 0.3) is 0 Å². The van der Waals surface area contributed by atoms with E-state index in [2.05, 4.69) is 6.58 Å². The van der Waals surface area contributed by atoms with E-state index in [1.807, 2.05) is 0 Å². The Bertz CT molecular complexity index is 379. The van der Waals surface area contributed by atoms with Crippen LogP contribution in [0.1, 0.15) is 19.8 Å². The Hall–Kier alpha value is -1.05. The van der Waals surface area contributed by atoms with Crippen LogP contribution in [0.15, 0.2) is 12.2 Å². The van der Waals surface area contributed by atoms with Crippen molar-refractivity contribution in [2.45, 2.75) is 19.8 Å². The maximum atomic E-state index is 11.6. The predicted octanol–water partition coefficient (Wildman–Crippen LogP) is 1.09. The van der Waals surface area contributed by atoms with Crippen LogP contribution in [0.3, 0.4) is 0 Å². The second-order valence-corrected chi connectivity index (χ2v) is 7.56. The summed E-state index contributed by atoms with van der Waals surface area (Å²) in [6.07, 6.45) is 2.48. The van der Waals surface area contributed by atoms with Crippen LogP contribution in [-0.2, 0) is 39.4 Å². The average Bonchev–Trinajstić information content (AvgIpc) is 3.01. The van der Waals surface area contributed by atoms with Gasteiger partial charge in [-0.05, 0) is 30.7 Å². The zero-order valence-corrected chi connectivity index (χ0v) is 14.7. The molecule has 0 aromatic heterocycles. The van der Waals surface area contributed by atoms with E-state index >= 15 is 0 Å².